The van der Waals surface area contributed by atoms with Crippen molar-refractivity contribution < 1.29 is 0 Å². The Bertz CT molecular complexity index is 548. The number of aromatic nitrogens is 2. The highest BCUT2D eigenvalue weighted by atomic mass is 79.9. The third-order valence-electron chi connectivity index (χ3n) is 3.18. The van der Waals surface area contributed by atoms with Gasteiger partial charge < -0.3 is 4.57 Å². The molecule has 0 saturated heterocycles. The van der Waals surface area contributed by atoms with Crippen molar-refractivity contribution in [2.24, 2.45) is 0 Å². The number of hydrogen-bond acceptors (Lipinski definition) is 1. The van der Waals surface area contributed by atoms with Gasteiger partial charge in [0.1, 0.15) is 5.82 Å². The van der Waals surface area contributed by atoms with E-state index in [1.54, 1.807) is 0 Å². The molecular weight excluding hydrogens is 312 g/mol. The molecule has 0 amide bonds. The van der Waals surface area contributed by atoms with E-state index in [1.807, 2.05) is 13.0 Å². The second kappa shape index (κ2) is 5.62. The van der Waals surface area contributed by atoms with E-state index in [9.17, 15) is 0 Å². The number of alkyl halides is 1. The van der Waals surface area contributed by atoms with Crippen LogP contribution < -0.4 is 0 Å². The first-order valence-electron chi connectivity index (χ1n) is 6.36. The summed E-state index contributed by atoms with van der Waals surface area (Å²) in [6, 6.07) is 6.65. The SMILES string of the molecule is CCCC(C)n1c(C(C)Cl)nc2cc(Br)ccc21. The zero-order valence-corrected chi connectivity index (χ0v) is 13.3. The molecule has 2 atom stereocenters. The normalized spacial score (nSPS) is 14.9. The minimum atomic E-state index is -0.0736. The van der Waals surface area contributed by atoms with Crippen LogP contribution in [0.3, 0.4) is 0 Å². The standard InChI is InChI=1S/C14H18BrClN2/c1-4-5-9(2)18-13-7-6-11(15)8-12(13)17-14(18)10(3)16/h6-10H,4-5H2,1-3H3. The Morgan fingerprint density at radius 1 is 1.39 bits per heavy atom. The summed E-state index contributed by atoms with van der Waals surface area (Å²) >= 11 is 9.76. The molecule has 0 bridgehead atoms. The van der Waals surface area contributed by atoms with Gasteiger partial charge in [-0.15, -0.1) is 11.6 Å². The molecule has 0 spiro atoms. The molecule has 2 nitrogen and oxygen atoms in total. The van der Waals surface area contributed by atoms with Gasteiger partial charge in [-0.25, -0.2) is 4.98 Å². The first-order chi connectivity index (χ1) is 8.54. The fourth-order valence-corrected chi connectivity index (χ4v) is 2.88. The van der Waals surface area contributed by atoms with Crippen LogP contribution in [0.2, 0.25) is 0 Å². The topological polar surface area (TPSA) is 17.8 Å². The second-order valence-corrected chi connectivity index (χ2v) is 6.30. The van der Waals surface area contributed by atoms with Crippen LogP contribution in [0.25, 0.3) is 11.0 Å². The Kier molecular flexibility index (Phi) is 4.33. The average molecular weight is 330 g/mol. The van der Waals surface area contributed by atoms with Crippen molar-refractivity contribution in [2.45, 2.75) is 45.0 Å². The molecule has 1 heterocycles. The van der Waals surface area contributed by atoms with Gasteiger partial charge in [0, 0.05) is 10.5 Å². The third-order valence-corrected chi connectivity index (χ3v) is 3.87. The monoisotopic (exact) mass is 328 g/mol. The third kappa shape index (κ3) is 2.57. The molecule has 1 aromatic heterocycles. The largest absolute Gasteiger partial charge is 0.324 e. The van der Waals surface area contributed by atoms with Crippen LogP contribution in [-0.2, 0) is 0 Å². The van der Waals surface area contributed by atoms with Crippen LogP contribution in [0.15, 0.2) is 22.7 Å². The van der Waals surface area contributed by atoms with Crippen LogP contribution in [0, 0.1) is 0 Å². The Labute approximate surface area is 121 Å². The van der Waals surface area contributed by atoms with E-state index in [0.29, 0.717) is 6.04 Å². The minimum absolute atomic E-state index is 0.0736. The van der Waals surface area contributed by atoms with Crippen molar-refractivity contribution in [2.75, 3.05) is 0 Å². The second-order valence-electron chi connectivity index (χ2n) is 4.73. The molecule has 2 unspecified atom stereocenters. The smallest absolute Gasteiger partial charge is 0.127 e. The average Bonchev–Trinajstić information content (AvgIpc) is 2.67. The highest BCUT2D eigenvalue weighted by Gasteiger charge is 2.18. The van der Waals surface area contributed by atoms with E-state index >= 15 is 0 Å². The van der Waals surface area contributed by atoms with Gasteiger partial charge in [-0.05, 0) is 38.5 Å². The van der Waals surface area contributed by atoms with Crippen molar-refractivity contribution >= 4 is 38.6 Å². The van der Waals surface area contributed by atoms with E-state index < -0.39 is 0 Å². The van der Waals surface area contributed by atoms with Crippen LogP contribution in [0.5, 0.6) is 0 Å². The lowest BCUT2D eigenvalue weighted by atomic mass is 10.2. The summed E-state index contributed by atoms with van der Waals surface area (Å²) in [5, 5.41) is -0.0736. The van der Waals surface area contributed by atoms with Gasteiger partial charge in [-0.2, -0.15) is 0 Å². The van der Waals surface area contributed by atoms with Gasteiger partial charge in [0.05, 0.1) is 16.4 Å². The minimum Gasteiger partial charge on any atom is -0.324 e. The summed E-state index contributed by atoms with van der Waals surface area (Å²) < 4.78 is 3.33. The first kappa shape index (κ1) is 13.9. The molecule has 2 aromatic rings. The molecule has 1 aromatic carbocycles. The fourth-order valence-electron chi connectivity index (χ4n) is 2.38. The number of fused-ring (bicyclic) bond motifs is 1. The van der Waals surface area contributed by atoms with Crippen LogP contribution in [0.4, 0.5) is 0 Å². The van der Waals surface area contributed by atoms with Crippen molar-refractivity contribution in [1.29, 1.82) is 0 Å². The van der Waals surface area contributed by atoms with Gasteiger partial charge in [0.25, 0.3) is 0 Å². The Balaban J connectivity index is 2.62. The van der Waals surface area contributed by atoms with Crippen LogP contribution >= 0.6 is 27.5 Å². The van der Waals surface area contributed by atoms with E-state index in [-0.39, 0.29) is 5.38 Å². The highest BCUT2D eigenvalue weighted by molar-refractivity contribution is 9.10. The molecule has 98 valence electrons. The van der Waals surface area contributed by atoms with Crippen molar-refractivity contribution in [3.63, 3.8) is 0 Å². The molecule has 0 saturated carbocycles. The zero-order valence-electron chi connectivity index (χ0n) is 11.0. The quantitative estimate of drug-likeness (QED) is 0.681. The van der Waals surface area contributed by atoms with Gasteiger partial charge in [0.15, 0.2) is 0 Å². The summed E-state index contributed by atoms with van der Waals surface area (Å²) in [7, 11) is 0. The summed E-state index contributed by atoms with van der Waals surface area (Å²) in [5.74, 6) is 0.964. The van der Waals surface area contributed by atoms with E-state index in [4.69, 9.17) is 11.6 Å². The van der Waals surface area contributed by atoms with Crippen LogP contribution in [-0.4, -0.2) is 9.55 Å². The van der Waals surface area contributed by atoms with Crippen molar-refractivity contribution in [1.82, 2.24) is 9.55 Å². The summed E-state index contributed by atoms with van der Waals surface area (Å²) in [6.45, 7) is 6.42. The number of benzene rings is 1. The highest BCUT2D eigenvalue weighted by Crippen LogP contribution is 2.30. The first-order valence-corrected chi connectivity index (χ1v) is 7.59. The van der Waals surface area contributed by atoms with Gasteiger partial charge in [0.2, 0.25) is 0 Å². The number of imidazole rings is 1. The molecular formula is C14H18BrClN2. The maximum absolute atomic E-state index is 6.27. The number of nitrogens with zero attached hydrogens (tertiary/aromatic N) is 2. The maximum atomic E-state index is 6.27. The molecule has 4 heteroatoms. The van der Waals surface area contributed by atoms with Gasteiger partial charge in [-0.1, -0.05) is 29.3 Å². The zero-order chi connectivity index (χ0) is 13.3. The summed E-state index contributed by atoms with van der Waals surface area (Å²) in [6.07, 6.45) is 2.30. The predicted octanol–water partition coefficient (Wildman–Crippen LogP) is 5.46. The lowest BCUT2D eigenvalue weighted by molar-refractivity contribution is 0.494. The fraction of sp³-hybridized carbons (Fsp3) is 0.500. The number of halogens is 2. The molecule has 0 aliphatic carbocycles. The predicted molar refractivity (Wildman–Crippen MR) is 81.3 cm³/mol. The van der Waals surface area contributed by atoms with E-state index in [0.717, 1.165) is 28.7 Å². The van der Waals surface area contributed by atoms with Gasteiger partial charge >= 0.3 is 0 Å². The maximum Gasteiger partial charge on any atom is 0.127 e. The Morgan fingerprint density at radius 3 is 2.72 bits per heavy atom. The molecule has 0 N–H and O–H groups in total. The lowest BCUT2D eigenvalue weighted by Crippen LogP contribution is -2.09. The Hall–Kier alpha value is -0.540. The van der Waals surface area contributed by atoms with Crippen molar-refractivity contribution in [3.05, 3.63) is 28.5 Å². The lowest BCUT2D eigenvalue weighted by Gasteiger charge is -2.17. The molecule has 0 aliphatic rings. The van der Waals surface area contributed by atoms with Gasteiger partial charge in [-0.3, -0.25) is 0 Å². The molecule has 18 heavy (non-hydrogen) atoms. The summed E-state index contributed by atoms with van der Waals surface area (Å²) in [5.41, 5.74) is 2.18. The van der Waals surface area contributed by atoms with E-state index in [1.165, 1.54) is 5.52 Å². The van der Waals surface area contributed by atoms with Crippen LogP contribution in [0.1, 0.15) is 50.9 Å². The number of rotatable bonds is 4. The Morgan fingerprint density at radius 2 is 2.11 bits per heavy atom. The molecule has 0 aliphatic heterocycles. The number of hydrogen-bond donors (Lipinski definition) is 0. The molecule has 0 radical (unpaired) electrons. The van der Waals surface area contributed by atoms with Crippen molar-refractivity contribution in [3.8, 4) is 0 Å². The summed E-state index contributed by atoms with van der Waals surface area (Å²) in [4.78, 5) is 4.68. The molecule has 2 rings (SSSR count). The van der Waals surface area contributed by atoms with E-state index in [2.05, 4.69) is 51.5 Å². The molecule has 0 fully saturated rings.